The first-order valence-corrected chi connectivity index (χ1v) is 3.88. The standard InChI is InChI=1S/C10H11NO2/c1-13-8-7-10(12)11-9-5-3-2-4-6-9/h2-8H,1H3,(H,11,12)/b8-7+. The van der Waals surface area contributed by atoms with Gasteiger partial charge in [0.1, 0.15) is 0 Å². The molecule has 0 fully saturated rings. The molecule has 1 rings (SSSR count). The summed E-state index contributed by atoms with van der Waals surface area (Å²) in [5, 5.41) is 2.67. The number of hydrogen-bond acceptors (Lipinski definition) is 2. The van der Waals surface area contributed by atoms with Gasteiger partial charge in [0, 0.05) is 11.8 Å². The topological polar surface area (TPSA) is 38.3 Å². The van der Waals surface area contributed by atoms with Gasteiger partial charge in [0.15, 0.2) is 0 Å². The first-order chi connectivity index (χ1) is 6.33. The van der Waals surface area contributed by atoms with Gasteiger partial charge >= 0.3 is 0 Å². The van der Waals surface area contributed by atoms with E-state index in [1.807, 2.05) is 30.3 Å². The highest BCUT2D eigenvalue weighted by molar-refractivity contribution is 5.99. The fourth-order valence-corrected chi connectivity index (χ4v) is 0.835. The van der Waals surface area contributed by atoms with Crippen molar-refractivity contribution >= 4 is 11.6 Å². The highest BCUT2D eigenvalue weighted by Gasteiger charge is 1.94. The van der Waals surface area contributed by atoms with Gasteiger partial charge in [0.05, 0.1) is 13.4 Å². The molecule has 0 aliphatic heterocycles. The number of carbonyl (C=O) groups is 1. The van der Waals surface area contributed by atoms with Gasteiger partial charge in [0.2, 0.25) is 0 Å². The normalized spacial score (nSPS) is 9.92. The average molecular weight is 177 g/mol. The third-order valence-electron chi connectivity index (χ3n) is 1.40. The molecule has 3 nitrogen and oxygen atoms in total. The van der Waals surface area contributed by atoms with Crippen molar-refractivity contribution in [1.29, 1.82) is 0 Å². The van der Waals surface area contributed by atoms with Gasteiger partial charge in [-0.15, -0.1) is 0 Å². The van der Waals surface area contributed by atoms with E-state index >= 15 is 0 Å². The van der Waals surface area contributed by atoms with Crippen molar-refractivity contribution in [3.63, 3.8) is 0 Å². The molecule has 0 aliphatic carbocycles. The van der Waals surface area contributed by atoms with Gasteiger partial charge in [-0.1, -0.05) is 18.2 Å². The third-order valence-corrected chi connectivity index (χ3v) is 1.40. The Balaban J connectivity index is 2.50. The van der Waals surface area contributed by atoms with Crippen LogP contribution in [0.15, 0.2) is 42.7 Å². The molecule has 1 aromatic rings. The van der Waals surface area contributed by atoms with Gasteiger partial charge in [-0.25, -0.2) is 0 Å². The SMILES string of the molecule is CO/C=C/C(=O)Nc1ccccc1. The summed E-state index contributed by atoms with van der Waals surface area (Å²) in [6.07, 6.45) is 2.66. The van der Waals surface area contributed by atoms with Crippen LogP contribution in [-0.2, 0) is 9.53 Å². The summed E-state index contributed by atoms with van der Waals surface area (Å²) in [5.74, 6) is -0.201. The zero-order valence-corrected chi connectivity index (χ0v) is 7.36. The summed E-state index contributed by atoms with van der Waals surface area (Å²) in [7, 11) is 1.49. The molecular formula is C10H11NO2. The Bertz CT molecular complexity index is 293. The molecule has 0 aromatic heterocycles. The van der Waals surface area contributed by atoms with E-state index in [1.54, 1.807) is 0 Å². The van der Waals surface area contributed by atoms with Crippen LogP contribution in [0, 0.1) is 0 Å². The molecule has 0 unspecified atom stereocenters. The summed E-state index contributed by atoms with van der Waals surface area (Å²) in [6.45, 7) is 0. The molecule has 13 heavy (non-hydrogen) atoms. The van der Waals surface area contributed by atoms with Crippen LogP contribution < -0.4 is 5.32 Å². The van der Waals surface area contributed by atoms with Gasteiger partial charge in [-0.05, 0) is 12.1 Å². The number of anilines is 1. The Morgan fingerprint density at radius 2 is 2.08 bits per heavy atom. The first kappa shape index (κ1) is 9.32. The van der Waals surface area contributed by atoms with Crippen LogP contribution in [0.3, 0.4) is 0 Å². The molecule has 0 spiro atoms. The molecule has 1 aromatic carbocycles. The van der Waals surface area contributed by atoms with E-state index in [2.05, 4.69) is 10.1 Å². The van der Waals surface area contributed by atoms with Crippen molar-refractivity contribution in [2.75, 3.05) is 12.4 Å². The predicted molar refractivity (Wildman–Crippen MR) is 51.2 cm³/mol. The van der Waals surface area contributed by atoms with E-state index in [1.165, 1.54) is 19.4 Å². The van der Waals surface area contributed by atoms with Gasteiger partial charge in [-0.3, -0.25) is 4.79 Å². The van der Waals surface area contributed by atoms with E-state index in [-0.39, 0.29) is 5.91 Å². The van der Waals surface area contributed by atoms with Crippen molar-refractivity contribution in [2.45, 2.75) is 0 Å². The van der Waals surface area contributed by atoms with Crippen molar-refractivity contribution in [3.05, 3.63) is 42.7 Å². The minimum atomic E-state index is -0.201. The van der Waals surface area contributed by atoms with E-state index in [0.29, 0.717) is 0 Å². The van der Waals surface area contributed by atoms with E-state index in [4.69, 9.17) is 0 Å². The number of carbonyl (C=O) groups excluding carboxylic acids is 1. The van der Waals surface area contributed by atoms with E-state index in [9.17, 15) is 4.79 Å². The van der Waals surface area contributed by atoms with Crippen molar-refractivity contribution in [2.24, 2.45) is 0 Å². The quantitative estimate of drug-likeness (QED) is 0.564. The highest BCUT2D eigenvalue weighted by Crippen LogP contribution is 2.04. The summed E-state index contributed by atoms with van der Waals surface area (Å²) in [6, 6.07) is 9.24. The zero-order valence-electron chi connectivity index (χ0n) is 7.36. The molecular weight excluding hydrogens is 166 g/mol. The number of hydrogen-bond donors (Lipinski definition) is 1. The second kappa shape index (κ2) is 4.98. The number of methoxy groups -OCH3 is 1. The number of amides is 1. The lowest BCUT2D eigenvalue weighted by atomic mass is 10.3. The minimum absolute atomic E-state index is 0.201. The molecule has 0 heterocycles. The predicted octanol–water partition coefficient (Wildman–Crippen LogP) is 1.79. The Kier molecular flexibility index (Phi) is 3.57. The maximum atomic E-state index is 11.1. The molecule has 0 bridgehead atoms. The fraction of sp³-hybridized carbons (Fsp3) is 0.100. The minimum Gasteiger partial charge on any atom is -0.504 e. The fourth-order valence-electron chi connectivity index (χ4n) is 0.835. The monoisotopic (exact) mass is 177 g/mol. The van der Waals surface area contributed by atoms with Gasteiger partial charge < -0.3 is 10.1 Å². The van der Waals surface area contributed by atoms with Crippen LogP contribution in [0.4, 0.5) is 5.69 Å². The number of nitrogens with one attached hydrogen (secondary N) is 1. The van der Waals surface area contributed by atoms with Gasteiger partial charge in [-0.2, -0.15) is 0 Å². The molecule has 0 aliphatic rings. The Hall–Kier alpha value is -1.77. The van der Waals surface area contributed by atoms with Crippen LogP contribution in [0.5, 0.6) is 0 Å². The molecule has 1 amide bonds. The third kappa shape index (κ3) is 3.42. The number of rotatable bonds is 3. The maximum absolute atomic E-state index is 11.1. The number of ether oxygens (including phenoxy) is 1. The molecule has 3 heteroatoms. The van der Waals surface area contributed by atoms with Crippen LogP contribution in [0.1, 0.15) is 0 Å². The Morgan fingerprint density at radius 3 is 2.69 bits per heavy atom. The van der Waals surface area contributed by atoms with Crippen molar-refractivity contribution in [3.8, 4) is 0 Å². The van der Waals surface area contributed by atoms with E-state index < -0.39 is 0 Å². The lowest BCUT2D eigenvalue weighted by Gasteiger charge is -1.99. The molecule has 1 N–H and O–H groups in total. The van der Waals surface area contributed by atoms with Gasteiger partial charge in [0.25, 0.3) is 5.91 Å². The lowest BCUT2D eigenvalue weighted by molar-refractivity contribution is -0.112. The first-order valence-electron chi connectivity index (χ1n) is 3.88. The second-order valence-electron chi connectivity index (χ2n) is 2.39. The smallest absolute Gasteiger partial charge is 0.251 e. The van der Waals surface area contributed by atoms with Crippen LogP contribution >= 0.6 is 0 Å². The Labute approximate surface area is 77.0 Å². The Morgan fingerprint density at radius 1 is 1.38 bits per heavy atom. The second-order valence-corrected chi connectivity index (χ2v) is 2.39. The van der Waals surface area contributed by atoms with E-state index in [0.717, 1.165) is 5.69 Å². The zero-order chi connectivity index (χ0) is 9.52. The molecule has 0 saturated carbocycles. The molecule has 68 valence electrons. The summed E-state index contributed by atoms with van der Waals surface area (Å²) in [4.78, 5) is 11.1. The summed E-state index contributed by atoms with van der Waals surface area (Å²) in [5.41, 5.74) is 0.772. The van der Waals surface area contributed by atoms with Crippen LogP contribution in [-0.4, -0.2) is 13.0 Å². The molecule has 0 atom stereocenters. The lowest BCUT2D eigenvalue weighted by Crippen LogP contribution is -2.07. The van der Waals surface area contributed by atoms with Crippen LogP contribution in [0.2, 0.25) is 0 Å². The molecule has 0 saturated heterocycles. The molecule has 0 radical (unpaired) electrons. The van der Waals surface area contributed by atoms with Crippen molar-refractivity contribution in [1.82, 2.24) is 0 Å². The maximum Gasteiger partial charge on any atom is 0.251 e. The van der Waals surface area contributed by atoms with Crippen LogP contribution in [0.25, 0.3) is 0 Å². The largest absolute Gasteiger partial charge is 0.504 e. The average Bonchev–Trinajstić information content (AvgIpc) is 2.16. The number of para-hydroxylation sites is 1. The van der Waals surface area contributed by atoms with Crippen molar-refractivity contribution < 1.29 is 9.53 Å². The summed E-state index contributed by atoms with van der Waals surface area (Å²) >= 11 is 0. The highest BCUT2D eigenvalue weighted by atomic mass is 16.5. The number of benzene rings is 1. The summed E-state index contributed by atoms with van der Waals surface area (Å²) < 4.78 is 4.61.